The summed E-state index contributed by atoms with van der Waals surface area (Å²) in [6, 6.07) is 19.4. The molecule has 1 aliphatic rings. The Kier molecular flexibility index (Phi) is 7.67. The average molecular weight is 395 g/mol. The molecule has 5 nitrogen and oxygen atoms in total. The second-order valence-electron chi connectivity index (χ2n) is 7.97. The number of benzene rings is 2. The van der Waals surface area contributed by atoms with Gasteiger partial charge in [0.1, 0.15) is 0 Å². The Morgan fingerprint density at radius 2 is 1.66 bits per heavy atom. The van der Waals surface area contributed by atoms with Crippen molar-refractivity contribution in [2.24, 2.45) is 4.99 Å². The molecule has 5 heteroatoms. The molecule has 3 rings (SSSR count). The van der Waals surface area contributed by atoms with E-state index in [9.17, 15) is 0 Å². The third-order valence-corrected chi connectivity index (χ3v) is 5.26. The summed E-state index contributed by atoms with van der Waals surface area (Å²) in [7, 11) is 1.81. The molecule has 1 heterocycles. The predicted molar refractivity (Wildman–Crippen MR) is 120 cm³/mol. The number of guanidine groups is 1. The lowest BCUT2D eigenvalue weighted by molar-refractivity contribution is -0.0704. The van der Waals surface area contributed by atoms with Gasteiger partial charge in [-0.3, -0.25) is 9.89 Å². The van der Waals surface area contributed by atoms with Crippen LogP contribution in [0.2, 0.25) is 0 Å². The highest BCUT2D eigenvalue weighted by atomic mass is 16.5. The number of nitrogens with one attached hydrogen (secondary N) is 2. The lowest BCUT2D eigenvalue weighted by Crippen LogP contribution is -2.44. The standard InChI is InChI=1S/C24H34N4O/c1-18-15-28(16-19(2)29-18)17-22-12-10-21(11-13-22)14-26-24(25-4)27-20(3)23-8-6-5-7-9-23/h5-13,18-20H,14-17H2,1-4H3,(H2,25,26,27). The van der Waals surface area contributed by atoms with Crippen LogP contribution in [0.25, 0.3) is 0 Å². The van der Waals surface area contributed by atoms with E-state index < -0.39 is 0 Å². The smallest absolute Gasteiger partial charge is 0.191 e. The van der Waals surface area contributed by atoms with E-state index in [0.717, 1.165) is 32.1 Å². The molecule has 156 valence electrons. The maximum Gasteiger partial charge on any atom is 0.191 e. The molecule has 0 radical (unpaired) electrons. The fourth-order valence-corrected chi connectivity index (χ4v) is 3.84. The maximum absolute atomic E-state index is 5.83. The molecule has 0 aromatic heterocycles. The monoisotopic (exact) mass is 394 g/mol. The Bertz CT molecular complexity index is 765. The van der Waals surface area contributed by atoms with Crippen LogP contribution in [0.3, 0.4) is 0 Å². The summed E-state index contributed by atoms with van der Waals surface area (Å²) in [6.45, 7) is 10.2. The second kappa shape index (κ2) is 10.4. The predicted octanol–water partition coefficient (Wildman–Crippen LogP) is 3.72. The van der Waals surface area contributed by atoms with Crippen LogP contribution >= 0.6 is 0 Å². The molecule has 2 N–H and O–H groups in total. The van der Waals surface area contributed by atoms with Gasteiger partial charge in [-0.2, -0.15) is 0 Å². The highest BCUT2D eigenvalue weighted by molar-refractivity contribution is 5.80. The molecule has 2 aromatic carbocycles. The van der Waals surface area contributed by atoms with E-state index in [1.807, 2.05) is 6.07 Å². The third-order valence-electron chi connectivity index (χ3n) is 5.26. The summed E-state index contributed by atoms with van der Waals surface area (Å²) >= 11 is 0. The van der Waals surface area contributed by atoms with E-state index in [0.29, 0.717) is 12.2 Å². The van der Waals surface area contributed by atoms with Crippen LogP contribution in [-0.4, -0.2) is 43.2 Å². The summed E-state index contributed by atoms with van der Waals surface area (Å²) in [4.78, 5) is 6.83. The first-order valence-corrected chi connectivity index (χ1v) is 10.5. The van der Waals surface area contributed by atoms with Crippen LogP contribution in [0, 0.1) is 0 Å². The van der Waals surface area contributed by atoms with Gasteiger partial charge in [-0.05, 0) is 37.5 Å². The van der Waals surface area contributed by atoms with Gasteiger partial charge in [-0.1, -0.05) is 54.6 Å². The van der Waals surface area contributed by atoms with Crippen molar-refractivity contribution in [2.45, 2.75) is 52.1 Å². The molecular weight excluding hydrogens is 360 g/mol. The normalized spacial score (nSPS) is 21.6. The summed E-state index contributed by atoms with van der Waals surface area (Å²) in [5.41, 5.74) is 3.83. The molecule has 3 unspecified atom stereocenters. The summed E-state index contributed by atoms with van der Waals surface area (Å²) < 4.78 is 5.83. The molecule has 3 atom stereocenters. The molecule has 0 saturated carbocycles. The van der Waals surface area contributed by atoms with Crippen molar-refractivity contribution in [3.8, 4) is 0 Å². The van der Waals surface area contributed by atoms with Gasteiger partial charge in [-0.15, -0.1) is 0 Å². The number of ether oxygens (including phenoxy) is 1. The quantitative estimate of drug-likeness (QED) is 0.579. The van der Waals surface area contributed by atoms with Crippen LogP contribution in [0.5, 0.6) is 0 Å². The SMILES string of the molecule is CN=C(NCc1ccc(CN2CC(C)OC(C)C2)cc1)NC(C)c1ccccc1. The van der Waals surface area contributed by atoms with Crippen molar-refractivity contribution >= 4 is 5.96 Å². The van der Waals surface area contributed by atoms with Crippen molar-refractivity contribution in [2.75, 3.05) is 20.1 Å². The summed E-state index contributed by atoms with van der Waals surface area (Å²) in [6.07, 6.45) is 0.611. The molecule has 0 spiro atoms. The molecular formula is C24H34N4O. The Morgan fingerprint density at radius 3 is 2.28 bits per heavy atom. The molecule has 1 fully saturated rings. The zero-order valence-electron chi connectivity index (χ0n) is 18.1. The minimum atomic E-state index is 0.197. The zero-order valence-corrected chi connectivity index (χ0v) is 18.1. The van der Waals surface area contributed by atoms with Gasteiger partial charge in [0.2, 0.25) is 0 Å². The van der Waals surface area contributed by atoms with Crippen molar-refractivity contribution in [1.82, 2.24) is 15.5 Å². The van der Waals surface area contributed by atoms with Crippen LogP contribution < -0.4 is 10.6 Å². The van der Waals surface area contributed by atoms with E-state index in [1.165, 1.54) is 16.7 Å². The fourth-order valence-electron chi connectivity index (χ4n) is 3.84. The van der Waals surface area contributed by atoms with Gasteiger partial charge in [-0.25, -0.2) is 0 Å². The molecule has 2 aromatic rings. The number of hydrogen-bond acceptors (Lipinski definition) is 3. The van der Waals surface area contributed by atoms with Crippen LogP contribution in [0.1, 0.15) is 43.5 Å². The van der Waals surface area contributed by atoms with E-state index in [2.05, 4.69) is 89.8 Å². The van der Waals surface area contributed by atoms with Gasteiger partial charge in [0.05, 0.1) is 18.2 Å². The highest BCUT2D eigenvalue weighted by Crippen LogP contribution is 2.15. The van der Waals surface area contributed by atoms with E-state index in [-0.39, 0.29) is 6.04 Å². The van der Waals surface area contributed by atoms with E-state index >= 15 is 0 Å². The first kappa shape index (κ1) is 21.3. The first-order valence-electron chi connectivity index (χ1n) is 10.5. The highest BCUT2D eigenvalue weighted by Gasteiger charge is 2.21. The first-order chi connectivity index (χ1) is 14.0. The Morgan fingerprint density at radius 1 is 1.03 bits per heavy atom. The van der Waals surface area contributed by atoms with E-state index in [1.54, 1.807) is 7.05 Å². The largest absolute Gasteiger partial charge is 0.373 e. The van der Waals surface area contributed by atoms with Gasteiger partial charge in [0, 0.05) is 33.2 Å². The molecule has 29 heavy (non-hydrogen) atoms. The number of hydrogen-bond donors (Lipinski definition) is 2. The third kappa shape index (κ3) is 6.58. The topological polar surface area (TPSA) is 48.9 Å². The number of aliphatic imine (C=N–C) groups is 1. The van der Waals surface area contributed by atoms with Crippen LogP contribution in [-0.2, 0) is 17.8 Å². The number of nitrogens with zero attached hydrogens (tertiary/aromatic N) is 2. The lowest BCUT2D eigenvalue weighted by atomic mass is 10.1. The minimum absolute atomic E-state index is 0.197. The summed E-state index contributed by atoms with van der Waals surface area (Å²) in [5.74, 6) is 0.807. The number of rotatable bonds is 6. The number of morpholine rings is 1. The van der Waals surface area contributed by atoms with Crippen LogP contribution in [0.4, 0.5) is 0 Å². The molecule has 0 bridgehead atoms. The van der Waals surface area contributed by atoms with Crippen molar-refractivity contribution in [1.29, 1.82) is 0 Å². The lowest BCUT2D eigenvalue weighted by Gasteiger charge is -2.35. The van der Waals surface area contributed by atoms with Gasteiger partial charge >= 0.3 is 0 Å². The van der Waals surface area contributed by atoms with Gasteiger partial charge < -0.3 is 15.4 Å². The maximum atomic E-state index is 5.83. The fraction of sp³-hybridized carbons (Fsp3) is 0.458. The zero-order chi connectivity index (χ0) is 20.6. The Hall–Kier alpha value is -2.37. The van der Waals surface area contributed by atoms with Crippen molar-refractivity contribution in [3.63, 3.8) is 0 Å². The molecule has 0 amide bonds. The van der Waals surface area contributed by atoms with Gasteiger partial charge in [0.25, 0.3) is 0 Å². The molecule has 1 aliphatic heterocycles. The minimum Gasteiger partial charge on any atom is -0.373 e. The molecule has 1 saturated heterocycles. The van der Waals surface area contributed by atoms with Crippen molar-refractivity contribution in [3.05, 3.63) is 71.3 Å². The Labute approximate surface area is 175 Å². The average Bonchev–Trinajstić information content (AvgIpc) is 2.72. The Balaban J connectivity index is 1.49. The molecule has 0 aliphatic carbocycles. The second-order valence-corrected chi connectivity index (χ2v) is 7.97. The van der Waals surface area contributed by atoms with Crippen molar-refractivity contribution < 1.29 is 4.74 Å². The summed E-state index contributed by atoms with van der Waals surface area (Å²) in [5, 5.41) is 6.86. The van der Waals surface area contributed by atoms with Crippen LogP contribution in [0.15, 0.2) is 59.6 Å². The van der Waals surface area contributed by atoms with E-state index in [4.69, 9.17) is 4.74 Å². The van der Waals surface area contributed by atoms with Gasteiger partial charge in [0.15, 0.2) is 5.96 Å².